The Morgan fingerprint density at radius 1 is 1.13 bits per heavy atom. The van der Waals surface area contributed by atoms with E-state index in [9.17, 15) is 9.59 Å². The van der Waals surface area contributed by atoms with Gasteiger partial charge in [0.05, 0.1) is 17.8 Å². The third kappa shape index (κ3) is 3.44. The third-order valence-electron chi connectivity index (χ3n) is 5.66. The van der Waals surface area contributed by atoms with E-state index in [2.05, 4.69) is 22.4 Å². The second-order valence-corrected chi connectivity index (χ2v) is 8.44. The number of hydrogen-bond acceptors (Lipinski definition) is 4. The molecule has 0 bridgehead atoms. The van der Waals surface area contributed by atoms with E-state index in [0.717, 1.165) is 30.4 Å². The number of thiophene rings is 1. The molecule has 0 unspecified atom stereocenters. The van der Waals surface area contributed by atoms with Gasteiger partial charge in [-0.25, -0.2) is 4.98 Å². The zero-order valence-electron chi connectivity index (χ0n) is 16.4. The average Bonchev–Trinajstić information content (AvgIpc) is 3.22. The summed E-state index contributed by atoms with van der Waals surface area (Å²) in [5, 5.41) is 5.64. The zero-order chi connectivity index (χ0) is 20.5. The number of fused-ring (bicyclic) bond motifs is 2. The number of nitrogens with one attached hydrogen (secondary N) is 1. The molecule has 0 spiro atoms. The molecular weight excluding hydrogens is 394 g/mol. The van der Waals surface area contributed by atoms with Gasteiger partial charge in [0.1, 0.15) is 11.4 Å². The van der Waals surface area contributed by atoms with Crippen molar-refractivity contribution in [2.24, 2.45) is 0 Å². The van der Waals surface area contributed by atoms with Gasteiger partial charge in [-0.1, -0.05) is 54.6 Å². The maximum absolute atomic E-state index is 13.2. The minimum absolute atomic E-state index is 0.00382. The normalized spacial score (nSPS) is 15.7. The first-order valence-electron chi connectivity index (χ1n) is 10.1. The van der Waals surface area contributed by atoms with E-state index in [4.69, 9.17) is 0 Å². The van der Waals surface area contributed by atoms with Gasteiger partial charge in [-0.15, -0.1) is 11.3 Å². The molecule has 150 valence electrons. The number of carbonyl (C=O) groups is 1. The quantitative estimate of drug-likeness (QED) is 0.540. The number of aromatic nitrogens is 2. The van der Waals surface area contributed by atoms with Crippen molar-refractivity contribution in [3.63, 3.8) is 0 Å². The fourth-order valence-electron chi connectivity index (χ4n) is 4.21. The van der Waals surface area contributed by atoms with Crippen molar-refractivity contribution in [3.05, 3.63) is 87.8 Å². The average molecular weight is 416 g/mol. The van der Waals surface area contributed by atoms with Gasteiger partial charge >= 0.3 is 0 Å². The molecule has 2 aromatic heterocycles. The van der Waals surface area contributed by atoms with E-state index < -0.39 is 0 Å². The van der Waals surface area contributed by atoms with E-state index in [-0.39, 0.29) is 24.1 Å². The van der Waals surface area contributed by atoms with Crippen LogP contribution in [-0.2, 0) is 17.8 Å². The van der Waals surface area contributed by atoms with Gasteiger partial charge in [0.25, 0.3) is 5.56 Å². The lowest BCUT2D eigenvalue weighted by Gasteiger charge is -2.26. The number of amides is 1. The van der Waals surface area contributed by atoms with Crippen LogP contribution in [0.4, 0.5) is 0 Å². The first kappa shape index (κ1) is 18.8. The molecule has 6 heteroatoms. The third-order valence-corrected chi connectivity index (χ3v) is 6.55. The molecule has 1 aliphatic carbocycles. The Balaban J connectivity index is 1.42. The number of aryl methyl sites for hydroxylation is 1. The van der Waals surface area contributed by atoms with Crippen molar-refractivity contribution < 1.29 is 4.79 Å². The number of hydrogen-bond donors (Lipinski definition) is 1. The summed E-state index contributed by atoms with van der Waals surface area (Å²) in [4.78, 5) is 31.1. The summed E-state index contributed by atoms with van der Waals surface area (Å²) in [6.07, 6.45) is 4.48. The Bertz CT molecular complexity index is 1280. The van der Waals surface area contributed by atoms with Crippen molar-refractivity contribution in [1.82, 2.24) is 14.9 Å². The molecule has 1 amide bonds. The van der Waals surface area contributed by atoms with Gasteiger partial charge in [-0.2, -0.15) is 0 Å². The highest BCUT2D eigenvalue weighted by Crippen LogP contribution is 2.31. The Hall–Kier alpha value is -3.25. The first-order valence-corrected chi connectivity index (χ1v) is 11.0. The molecule has 1 atom stereocenters. The van der Waals surface area contributed by atoms with Gasteiger partial charge in [-0.05, 0) is 36.0 Å². The molecule has 5 rings (SSSR count). The van der Waals surface area contributed by atoms with Crippen LogP contribution in [-0.4, -0.2) is 15.5 Å². The summed E-state index contributed by atoms with van der Waals surface area (Å²) < 4.78 is 1.41. The number of rotatable bonds is 4. The van der Waals surface area contributed by atoms with Crippen LogP contribution in [0.1, 0.15) is 30.0 Å². The van der Waals surface area contributed by atoms with Gasteiger partial charge < -0.3 is 5.32 Å². The van der Waals surface area contributed by atoms with Gasteiger partial charge in [0.15, 0.2) is 0 Å². The van der Waals surface area contributed by atoms with Crippen LogP contribution in [0, 0.1) is 0 Å². The summed E-state index contributed by atoms with van der Waals surface area (Å²) in [6, 6.07) is 18.0. The summed E-state index contributed by atoms with van der Waals surface area (Å²) >= 11 is 1.45. The lowest BCUT2D eigenvalue weighted by atomic mass is 9.88. The molecule has 2 heterocycles. The second kappa shape index (κ2) is 7.88. The molecule has 0 fully saturated rings. The van der Waals surface area contributed by atoms with Gasteiger partial charge in [-0.3, -0.25) is 14.2 Å². The Labute approximate surface area is 178 Å². The molecule has 0 radical (unpaired) electrons. The SMILES string of the molecule is O=C(Cn1cnc2scc(-c3ccccc3)c2c1=O)N[C@@H]1CCCc2ccccc21. The largest absolute Gasteiger partial charge is 0.348 e. The van der Waals surface area contributed by atoms with E-state index in [1.54, 1.807) is 0 Å². The Morgan fingerprint density at radius 3 is 2.80 bits per heavy atom. The predicted octanol–water partition coefficient (Wildman–Crippen LogP) is 4.32. The van der Waals surface area contributed by atoms with Crippen LogP contribution in [0.25, 0.3) is 21.3 Å². The summed E-state index contributed by atoms with van der Waals surface area (Å²) in [6.45, 7) is -0.0372. The summed E-state index contributed by atoms with van der Waals surface area (Å²) in [5.74, 6) is -0.170. The topological polar surface area (TPSA) is 64.0 Å². The highest BCUT2D eigenvalue weighted by atomic mass is 32.1. The number of carbonyl (C=O) groups excluding carboxylic acids is 1. The predicted molar refractivity (Wildman–Crippen MR) is 120 cm³/mol. The summed E-state index contributed by atoms with van der Waals surface area (Å²) in [7, 11) is 0. The van der Waals surface area contributed by atoms with Crippen molar-refractivity contribution >= 4 is 27.5 Å². The van der Waals surface area contributed by atoms with Crippen molar-refractivity contribution in [3.8, 4) is 11.1 Å². The Kier molecular flexibility index (Phi) is 4.93. The molecule has 0 saturated heterocycles. The highest BCUT2D eigenvalue weighted by Gasteiger charge is 2.22. The minimum atomic E-state index is -0.181. The summed E-state index contributed by atoms with van der Waals surface area (Å²) in [5.41, 5.74) is 4.13. The molecule has 4 aromatic rings. The van der Waals surface area contributed by atoms with E-state index >= 15 is 0 Å². The lowest BCUT2D eigenvalue weighted by molar-refractivity contribution is -0.122. The molecule has 1 aliphatic rings. The fraction of sp³-hybridized carbons (Fsp3) is 0.208. The van der Waals surface area contributed by atoms with Crippen molar-refractivity contribution in [2.75, 3.05) is 0 Å². The second-order valence-electron chi connectivity index (χ2n) is 7.58. The molecule has 0 saturated carbocycles. The Morgan fingerprint density at radius 2 is 1.93 bits per heavy atom. The lowest BCUT2D eigenvalue weighted by Crippen LogP contribution is -2.36. The monoisotopic (exact) mass is 415 g/mol. The van der Waals surface area contributed by atoms with E-state index in [1.165, 1.54) is 33.4 Å². The van der Waals surface area contributed by atoms with Crippen LogP contribution in [0.2, 0.25) is 0 Å². The standard InChI is InChI=1S/C24H21N3O2S/c28-21(26-20-12-6-10-16-9-4-5-11-18(16)20)13-27-15-25-23-22(24(27)29)19(14-30-23)17-7-2-1-3-8-17/h1-5,7-9,11,14-15,20H,6,10,12-13H2,(H,26,28)/t20-/m1/s1. The minimum Gasteiger partial charge on any atom is -0.348 e. The maximum atomic E-state index is 13.2. The van der Waals surface area contributed by atoms with Crippen LogP contribution in [0.3, 0.4) is 0 Å². The maximum Gasteiger partial charge on any atom is 0.263 e. The molecule has 5 nitrogen and oxygen atoms in total. The highest BCUT2D eigenvalue weighted by molar-refractivity contribution is 7.17. The number of nitrogens with zero attached hydrogens (tertiary/aromatic N) is 2. The first-order chi connectivity index (χ1) is 14.7. The molecule has 2 aromatic carbocycles. The van der Waals surface area contributed by atoms with Crippen molar-refractivity contribution in [2.45, 2.75) is 31.8 Å². The van der Waals surface area contributed by atoms with E-state index in [0.29, 0.717) is 10.2 Å². The van der Waals surface area contributed by atoms with Gasteiger partial charge in [0.2, 0.25) is 5.91 Å². The molecule has 0 aliphatic heterocycles. The van der Waals surface area contributed by atoms with E-state index in [1.807, 2.05) is 47.8 Å². The van der Waals surface area contributed by atoms with Crippen LogP contribution < -0.4 is 10.9 Å². The van der Waals surface area contributed by atoms with Crippen LogP contribution >= 0.6 is 11.3 Å². The smallest absolute Gasteiger partial charge is 0.263 e. The van der Waals surface area contributed by atoms with Crippen LogP contribution in [0.5, 0.6) is 0 Å². The zero-order valence-corrected chi connectivity index (χ0v) is 17.2. The number of benzene rings is 2. The molecule has 1 N–H and O–H groups in total. The molecule has 30 heavy (non-hydrogen) atoms. The van der Waals surface area contributed by atoms with Gasteiger partial charge in [0, 0.05) is 10.9 Å². The van der Waals surface area contributed by atoms with Crippen LogP contribution in [0.15, 0.2) is 71.1 Å². The fourth-order valence-corrected chi connectivity index (χ4v) is 5.12. The molecular formula is C24H21N3O2S. The van der Waals surface area contributed by atoms with Crippen molar-refractivity contribution in [1.29, 1.82) is 0 Å².